The van der Waals surface area contributed by atoms with Crippen LogP contribution in [0, 0.1) is 0 Å². The minimum atomic E-state index is 0.0920. The largest absolute Gasteiger partial charge is 0.506 e. The summed E-state index contributed by atoms with van der Waals surface area (Å²) in [5.74, 6) is 0.765. The molecule has 0 aromatic heterocycles. The zero-order valence-corrected chi connectivity index (χ0v) is 11.5. The molecule has 2 nitrogen and oxygen atoms in total. The number of phenolic OH excluding ortho intramolecular Hbond substituents is 1. The number of fused-ring (bicyclic) bond motifs is 1. The highest BCUT2D eigenvalue weighted by Crippen LogP contribution is 2.38. The summed E-state index contributed by atoms with van der Waals surface area (Å²) in [6, 6.07) is 19.1. The molecule has 0 spiro atoms. The minimum Gasteiger partial charge on any atom is -0.506 e. The Balaban J connectivity index is 1.97. The van der Waals surface area contributed by atoms with Crippen molar-refractivity contribution in [3.8, 4) is 11.5 Å². The highest BCUT2D eigenvalue weighted by molar-refractivity contribution is 6.33. The monoisotopic (exact) mass is 284 g/mol. The highest BCUT2D eigenvalue weighted by Gasteiger charge is 2.10. The van der Waals surface area contributed by atoms with Crippen LogP contribution in [0.25, 0.3) is 10.8 Å². The van der Waals surface area contributed by atoms with Gasteiger partial charge in [0.05, 0.1) is 5.02 Å². The molecule has 0 aliphatic rings. The Morgan fingerprint density at radius 1 is 0.900 bits per heavy atom. The summed E-state index contributed by atoms with van der Waals surface area (Å²) in [5, 5.41) is 11.8. The van der Waals surface area contributed by atoms with Crippen LogP contribution < -0.4 is 4.74 Å². The molecule has 0 atom stereocenters. The SMILES string of the molecule is Oc1c(Cl)cc(OCc2ccccc2)c2ccccc12. The maximum Gasteiger partial charge on any atom is 0.142 e. The molecule has 100 valence electrons. The molecule has 3 rings (SSSR count). The van der Waals surface area contributed by atoms with Crippen LogP contribution in [0.1, 0.15) is 5.56 Å². The van der Waals surface area contributed by atoms with Gasteiger partial charge in [-0.1, -0.05) is 66.2 Å². The fraction of sp³-hybridized carbons (Fsp3) is 0.0588. The smallest absolute Gasteiger partial charge is 0.142 e. The number of rotatable bonds is 3. The number of ether oxygens (including phenoxy) is 1. The van der Waals surface area contributed by atoms with Gasteiger partial charge in [-0.3, -0.25) is 0 Å². The Bertz CT molecular complexity index is 739. The Labute approximate surface area is 122 Å². The maximum absolute atomic E-state index is 9.98. The summed E-state index contributed by atoms with van der Waals surface area (Å²) in [6.07, 6.45) is 0. The molecule has 0 aliphatic heterocycles. The van der Waals surface area contributed by atoms with Crippen molar-refractivity contribution in [3.63, 3.8) is 0 Å². The van der Waals surface area contributed by atoms with Crippen molar-refractivity contribution >= 4 is 22.4 Å². The van der Waals surface area contributed by atoms with Crippen LogP contribution in [0.2, 0.25) is 5.02 Å². The van der Waals surface area contributed by atoms with Crippen LogP contribution in [0.4, 0.5) is 0 Å². The Morgan fingerprint density at radius 2 is 1.55 bits per heavy atom. The molecule has 0 fully saturated rings. The molecular weight excluding hydrogens is 272 g/mol. The van der Waals surface area contributed by atoms with Crippen LogP contribution in [0.3, 0.4) is 0 Å². The van der Waals surface area contributed by atoms with Gasteiger partial charge in [-0.05, 0) is 5.56 Å². The topological polar surface area (TPSA) is 29.5 Å². The van der Waals surface area contributed by atoms with Crippen molar-refractivity contribution in [2.75, 3.05) is 0 Å². The van der Waals surface area contributed by atoms with Crippen molar-refractivity contribution < 1.29 is 9.84 Å². The van der Waals surface area contributed by atoms with Crippen LogP contribution in [0.15, 0.2) is 60.7 Å². The summed E-state index contributed by atoms with van der Waals surface area (Å²) in [6.45, 7) is 0.464. The molecule has 20 heavy (non-hydrogen) atoms. The van der Waals surface area contributed by atoms with E-state index >= 15 is 0 Å². The lowest BCUT2D eigenvalue weighted by Crippen LogP contribution is -1.96. The van der Waals surface area contributed by atoms with E-state index in [9.17, 15) is 5.11 Å². The second kappa shape index (κ2) is 5.43. The molecule has 0 amide bonds. The molecule has 3 aromatic rings. The zero-order chi connectivity index (χ0) is 13.9. The standard InChI is InChI=1S/C17H13ClO2/c18-15-10-16(20-11-12-6-2-1-3-7-12)13-8-4-5-9-14(13)17(15)19/h1-10,19H,11H2. The van der Waals surface area contributed by atoms with E-state index in [4.69, 9.17) is 16.3 Å². The summed E-state index contributed by atoms with van der Waals surface area (Å²) >= 11 is 6.04. The molecule has 3 heteroatoms. The highest BCUT2D eigenvalue weighted by atomic mass is 35.5. The first-order chi connectivity index (χ1) is 9.75. The summed E-state index contributed by atoms with van der Waals surface area (Å²) in [5.41, 5.74) is 1.08. The number of halogens is 1. The normalized spacial score (nSPS) is 10.7. The Hall–Kier alpha value is -2.19. The third-order valence-electron chi connectivity index (χ3n) is 3.17. The van der Waals surface area contributed by atoms with E-state index in [0.717, 1.165) is 10.9 Å². The van der Waals surface area contributed by atoms with Gasteiger partial charge in [-0.25, -0.2) is 0 Å². The van der Waals surface area contributed by atoms with Gasteiger partial charge in [0, 0.05) is 16.8 Å². The van der Waals surface area contributed by atoms with Gasteiger partial charge in [0.2, 0.25) is 0 Å². The first-order valence-corrected chi connectivity index (χ1v) is 6.70. The molecule has 0 saturated carbocycles. The number of benzene rings is 3. The van der Waals surface area contributed by atoms with Crippen molar-refractivity contribution in [3.05, 3.63) is 71.2 Å². The van der Waals surface area contributed by atoms with E-state index in [-0.39, 0.29) is 5.75 Å². The summed E-state index contributed by atoms with van der Waals surface area (Å²) in [4.78, 5) is 0. The molecule has 0 aliphatic carbocycles. The van der Waals surface area contributed by atoms with Crippen molar-refractivity contribution in [2.45, 2.75) is 6.61 Å². The molecule has 0 bridgehead atoms. The van der Waals surface area contributed by atoms with Gasteiger partial charge in [-0.2, -0.15) is 0 Å². The lowest BCUT2D eigenvalue weighted by Gasteiger charge is -2.11. The van der Waals surface area contributed by atoms with Crippen LogP contribution >= 0.6 is 11.6 Å². The first kappa shape index (κ1) is 12.8. The third kappa shape index (κ3) is 2.43. The van der Waals surface area contributed by atoms with Gasteiger partial charge in [-0.15, -0.1) is 0 Å². The van der Waals surface area contributed by atoms with Crippen LogP contribution in [-0.4, -0.2) is 5.11 Å². The quantitative estimate of drug-likeness (QED) is 0.750. The minimum absolute atomic E-state index is 0.0920. The molecular formula is C17H13ClO2. The molecule has 0 heterocycles. The number of phenols is 1. The van der Waals surface area contributed by atoms with E-state index in [1.165, 1.54) is 0 Å². The molecule has 1 N–H and O–H groups in total. The Kier molecular flexibility index (Phi) is 3.48. The van der Waals surface area contributed by atoms with Crippen molar-refractivity contribution in [1.29, 1.82) is 0 Å². The maximum atomic E-state index is 9.98. The fourth-order valence-corrected chi connectivity index (χ4v) is 2.35. The number of hydrogen-bond donors (Lipinski definition) is 1. The average molecular weight is 285 g/mol. The molecule has 3 aromatic carbocycles. The fourth-order valence-electron chi connectivity index (χ4n) is 2.15. The van der Waals surface area contributed by atoms with E-state index in [2.05, 4.69) is 0 Å². The lowest BCUT2D eigenvalue weighted by atomic mass is 10.1. The van der Waals surface area contributed by atoms with Gasteiger partial charge in [0.25, 0.3) is 0 Å². The van der Waals surface area contributed by atoms with Gasteiger partial charge >= 0.3 is 0 Å². The second-order valence-electron chi connectivity index (χ2n) is 4.52. The molecule has 0 radical (unpaired) electrons. The second-order valence-corrected chi connectivity index (χ2v) is 4.93. The third-order valence-corrected chi connectivity index (χ3v) is 3.46. The van der Waals surface area contributed by atoms with Gasteiger partial charge in [0.15, 0.2) is 0 Å². The van der Waals surface area contributed by atoms with Crippen LogP contribution in [0.5, 0.6) is 11.5 Å². The number of aromatic hydroxyl groups is 1. The molecule has 0 saturated heterocycles. The van der Waals surface area contributed by atoms with E-state index in [1.807, 2.05) is 54.6 Å². The predicted molar refractivity (Wildman–Crippen MR) is 81.4 cm³/mol. The van der Waals surface area contributed by atoms with Gasteiger partial charge in [0.1, 0.15) is 18.1 Å². The summed E-state index contributed by atoms with van der Waals surface area (Å²) < 4.78 is 5.85. The summed E-state index contributed by atoms with van der Waals surface area (Å²) in [7, 11) is 0. The van der Waals surface area contributed by atoms with E-state index < -0.39 is 0 Å². The van der Waals surface area contributed by atoms with E-state index in [0.29, 0.717) is 22.8 Å². The van der Waals surface area contributed by atoms with Crippen LogP contribution in [-0.2, 0) is 6.61 Å². The Morgan fingerprint density at radius 3 is 2.30 bits per heavy atom. The average Bonchev–Trinajstić information content (AvgIpc) is 2.50. The first-order valence-electron chi connectivity index (χ1n) is 6.32. The van der Waals surface area contributed by atoms with Crippen molar-refractivity contribution in [1.82, 2.24) is 0 Å². The molecule has 0 unspecified atom stereocenters. The van der Waals surface area contributed by atoms with Crippen molar-refractivity contribution in [2.24, 2.45) is 0 Å². The van der Waals surface area contributed by atoms with Gasteiger partial charge < -0.3 is 9.84 Å². The number of hydrogen-bond acceptors (Lipinski definition) is 2. The predicted octanol–water partition coefficient (Wildman–Crippen LogP) is 4.78. The zero-order valence-electron chi connectivity index (χ0n) is 10.7. The lowest BCUT2D eigenvalue weighted by molar-refractivity contribution is 0.309. The van der Waals surface area contributed by atoms with E-state index in [1.54, 1.807) is 6.07 Å².